The Kier molecular flexibility index (Phi) is 3.92. The quantitative estimate of drug-likeness (QED) is 0.740. The Bertz CT molecular complexity index is 789. The van der Waals surface area contributed by atoms with Gasteiger partial charge in [-0.15, -0.1) is 0 Å². The summed E-state index contributed by atoms with van der Waals surface area (Å²) in [6.07, 6.45) is 3.70. The number of aromatic nitrogens is 1. The molecule has 0 radical (unpaired) electrons. The Balaban J connectivity index is 1.90. The van der Waals surface area contributed by atoms with Crippen molar-refractivity contribution in [2.75, 3.05) is 7.11 Å². The fraction of sp³-hybridized carbons (Fsp3) is 0.0556. The second kappa shape index (κ2) is 6.18. The van der Waals surface area contributed by atoms with Gasteiger partial charge in [-0.05, 0) is 48.5 Å². The van der Waals surface area contributed by atoms with Crippen LogP contribution < -0.4 is 4.74 Å². The summed E-state index contributed by atoms with van der Waals surface area (Å²) in [7, 11) is 1.65. The third-order valence-electron chi connectivity index (χ3n) is 3.35. The number of aromatic hydroxyl groups is 1. The predicted octanol–water partition coefficient (Wildman–Crippen LogP) is 3.94. The van der Waals surface area contributed by atoms with Crippen molar-refractivity contribution in [3.05, 3.63) is 72.6 Å². The fourth-order valence-electron chi connectivity index (χ4n) is 2.19. The number of ether oxygens (including phenoxy) is 1. The van der Waals surface area contributed by atoms with Gasteiger partial charge in [-0.3, -0.25) is 4.99 Å². The Morgan fingerprint density at radius 3 is 2.50 bits per heavy atom. The summed E-state index contributed by atoms with van der Waals surface area (Å²) in [5, 5.41) is 9.75. The van der Waals surface area contributed by atoms with Crippen LogP contribution in [0.3, 0.4) is 0 Å². The monoisotopic (exact) mass is 292 g/mol. The number of nitrogens with zero attached hydrogens (tertiary/aromatic N) is 2. The van der Waals surface area contributed by atoms with Crippen LogP contribution in [0, 0.1) is 0 Å². The zero-order valence-electron chi connectivity index (χ0n) is 12.2. The van der Waals surface area contributed by atoms with E-state index >= 15 is 0 Å². The van der Waals surface area contributed by atoms with Gasteiger partial charge >= 0.3 is 0 Å². The van der Waals surface area contributed by atoms with Gasteiger partial charge in [0.15, 0.2) is 0 Å². The molecule has 0 saturated heterocycles. The molecule has 0 unspecified atom stereocenters. The SMILES string of the molecule is COc1ccc(-n2cccc2C=Nc2ccccc2O)cc1. The molecule has 0 spiro atoms. The summed E-state index contributed by atoms with van der Waals surface area (Å²) in [5.74, 6) is 0.988. The Morgan fingerprint density at radius 1 is 1.00 bits per heavy atom. The smallest absolute Gasteiger partial charge is 0.141 e. The van der Waals surface area contributed by atoms with Crippen molar-refractivity contribution in [3.63, 3.8) is 0 Å². The molecule has 4 heteroatoms. The molecule has 0 fully saturated rings. The van der Waals surface area contributed by atoms with E-state index in [9.17, 15) is 5.11 Å². The lowest BCUT2D eigenvalue weighted by molar-refractivity contribution is 0.414. The molecular weight excluding hydrogens is 276 g/mol. The van der Waals surface area contributed by atoms with Gasteiger partial charge in [-0.25, -0.2) is 0 Å². The van der Waals surface area contributed by atoms with E-state index in [1.54, 1.807) is 31.5 Å². The molecule has 0 atom stereocenters. The van der Waals surface area contributed by atoms with Crippen molar-refractivity contribution in [3.8, 4) is 17.2 Å². The zero-order chi connectivity index (χ0) is 15.4. The van der Waals surface area contributed by atoms with Gasteiger partial charge in [0.25, 0.3) is 0 Å². The molecule has 3 aromatic rings. The average Bonchev–Trinajstić information content (AvgIpc) is 3.03. The van der Waals surface area contributed by atoms with Gasteiger partial charge in [0.05, 0.1) is 19.0 Å². The number of methoxy groups -OCH3 is 1. The van der Waals surface area contributed by atoms with Crippen LogP contribution in [0.4, 0.5) is 5.69 Å². The second-order valence-electron chi connectivity index (χ2n) is 4.75. The minimum atomic E-state index is 0.168. The first-order valence-electron chi connectivity index (χ1n) is 6.92. The van der Waals surface area contributed by atoms with Crippen LogP contribution in [0.1, 0.15) is 5.69 Å². The van der Waals surface area contributed by atoms with Gasteiger partial charge in [0.2, 0.25) is 0 Å². The highest BCUT2D eigenvalue weighted by molar-refractivity contribution is 5.82. The van der Waals surface area contributed by atoms with Gasteiger partial charge in [-0.2, -0.15) is 0 Å². The van der Waals surface area contributed by atoms with Crippen LogP contribution in [-0.2, 0) is 0 Å². The molecule has 1 aromatic heterocycles. The van der Waals surface area contributed by atoms with Crippen LogP contribution in [-0.4, -0.2) is 23.0 Å². The Morgan fingerprint density at radius 2 is 1.77 bits per heavy atom. The lowest BCUT2D eigenvalue weighted by Gasteiger charge is -2.07. The first-order chi connectivity index (χ1) is 10.8. The minimum absolute atomic E-state index is 0.168. The van der Waals surface area contributed by atoms with E-state index in [-0.39, 0.29) is 5.75 Å². The maximum Gasteiger partial charge on any atom is 0.141 e. The number of hydrogen-bond donors (Lipinski definition) is 1. The highest BCUT2D eigenvalue weighted by atomic mass is 16.5. The molecule has 2 aromatic carbocycles. The van der Waals surface area contributed by atoms with E-state index in [1.165, 1.54) is 0 Å². The average molecular weight is 292 g/mol. The molecule has 3 rings (SSSR count). The van der Waals surface area contributed by atoms with E-state index in [1.807, 2.05) is 53.2 Å². The Hall–Kier alpha value is -3.01. The van der Waals surface area contributed by atoms with Crippen molar-refractivity contribution in [2.24, 2.45) is 4.99 Å². The van der Waals surface area contributed by atoms with E-state index in [0.29, 0.717) is 5.69 Å². The summed E-state index contributed by atoms with van der Waals surface area (Å²) in [6.45, 7) is 0. The topological polar surface area (TPSA) is 46.8 Å². The van der Waals surface area contributed by atoms with E-state index in [2.05, 4.69) is 4.99 Å². The van der Waals surface area contributed by atoms with E-state index in [4.69, 9.17) is 4.74 Å². The molecular formula is C18H16N2O2. The first kappa shape index (κ1) is 13.9. The predicted molar refractivity (Wildman–Crippen MR) is 87.7 cm³/mol. The second-order valence-corrected chi connectivity index (χ2v) is 4.75. The lowest BCUT2D eigenvalue weighted by atomic mass is 10.3. The number of phenolic OH excluding ortho intramolecular Hbond substituents is 1. The molecule has 0 amide bonds. The van der Waals surface area contributed by atoms with Crippen LogP contribution in [0.5, 0.6) is 11.5 Å². The highest BCUT2D eigenvalue weighted by Crippen LogP contribution is 2.25. The largest absolute Gasteiger partial charge is 0.506 e. The molecule has 110 valence electrons. The highest BCUT2D eigenvalue weighted by Gasteiger charge is 2.02. The summed E-state index contributed by atoms with van der Waals surface area (Å²) in [6, 6.07) is 18.7. The summed E-state index contributed by atoms with van der Waals surface area (Å²) < 4.78 is 7.19. The number of rotatable bonds is 4. The molecule has 0 aliphatic carbocycles. The van der Waals surface area contributed by atoms with Crippen molar-refractivity contribution >= 4 is 11.9 Å². The van der Waals surface area contributed by atoms with Gasteiger partial charge < -0.3 is 14.4 Å². The van der Waals surface area contributed by atoms with Crippen molar-refractivity contribution in [1.29, 1.82) is 0 Å². The summed E-state index contributed by atoms with van der Waals surface area (Å²) >= 11 is 0. The number of hydrogen-bond acceptors (Lipinski definition) is 3. The molecule has 0 aliphatic heterocycles. The van der Waals surface area contributed by atoms with Crippen LogP contribution >= 0.6 is 0 Å². The molecule has 1 N–H and O–H groups in total. The normalized spacial score (nSPS) is 11.0. The van der Waals surface area contributed by atoms with Crippen molar-refractivity contribution in [2.45, 2.75) is 0 Å². The van der Waals surface area contributed by atoms with Crippen molar-refractivity contribution in [1.82, 2.24) is 4.57 Å². The Labute approximate surface area is 128 Å². The van der Waals surface area contributed by atoms with Crippen molar-refractivity contribution < 1.29 is 9.84 Å². The lowest BCUT2D eigenvalue weighted by Crippen LogP contribution is -1.97. The zero-order valence-corrected chi connectivity index (χ0v) is 12.2. The number of phenols is 1. The summed E-state index contributed by atoms with van der Waals surface area (Å²) in [5.41, 5.74) is 2.49. The standard InChI is InChI=1S/C18H16N2O2/c1-22-16-10-8-14(9-11-16)20-12-4-5-15(20)13-19-17-6-2-3-7-18(17)21/h2-13,21H,1H3. The first-order valence-corrected chi connectivity index (χ1v) is 6.92. The van der Waals surface area contributed by atoms with Gasteiger partial charge in [-0.1, -0.05) is 12.1 Å². The number of benzene rings is 2. The number of aliphatic imine (C=N–C) groups is 1. The minimum Gasteiger partial charge on any atom is -0.506 e. The summed E-state index contributed by atoms with van der Waals surface area (Å²) in [4.78, 5) is 4.35. The van der Waals surface area contributed by atoms with E-state index in [0.717, 1.165) is 17.1 Å². The van der Waals surface area contributed by atoms with Gasteiger partial charge in [0.1, 0.15) is 17.2 Å². The maximum absolute atomic E-state index is 9.75. The molecule has 22 heavy (non-hydrogen) atoms. The molecule has 0 bridgehead atoms. The fourth-order valence-corrected chi connectivity index (χ4v) is 2.19. The molecule has 0 aliphatic rings. The van der Waals surface area contributed by atoms with Gasteiger partial charge in [0, 0.05) is 11.9 Å². The molecule has 4 nitrogen and oxygen atoms in total. The maximum atomic E-state index is 9.75. The van der Waals surface area contributed by atoms with Crippen LogP contribution in [0.2, 0.25) is 0 Å². The van der Waals surface area contributed by atoms with Crippen LogP contribution in [0.15, 0.2) is 71.9 Å². The third kappa shape index (κ3) is 2.86. The van der Waals surface area contributed by atoms with Crippen LogP contribution in [0.25, 0.3) is 5.69 Å². The third-order valence-corrected chi connectivity index (χ3v) is 3.35. The molecule has 1 heterocycles. The number of para-hydroxylation sites is 2. The van der Waals surface area contributed by atoms with E-state index < -0.39 is 0 Å². The molecule has 0 saturated carbocycles.